The van der Waals surface area contributed by atoms with E-state index in [9.17, 15) is 13.2 Å². The number of para-hydroxylation sites is 1. The molecule has 2 heterocycles. The largest absolute Gasteiger partial charge is 0.361 e. The number of anilines is 1. The van der Waals surface area contributed by atoms with Gasteiger partial charge in [0.1, 0.15) is 0 Å². The van der Waals surface area contributed by atoms with Crippen LogP contribution in [-0.2, 0) is 10.0 Å². The molecule has 6 nitrogen and oxygen atoms in total. The number of pyridine rings is 1. The topological polar surface area (TPSA) is 94.8 Å². The highest BCUT2D eigenvalue weighted by atomic mass is 32.2. The van der Waals surface area contributed by atoms with Crippen LogP contribution < -0.4 is 10.3 Å². The van der Waals surface area contributed by atoms with E-state index in [0.29, 0.717) is 16.8 Å². The molecule has 126 valence electrons. The second-order valence-corrected chi connectivity index (χ2v) is 7.68. The number of rotatable bonds is 3. The smallest absolute Gasteiger partial charge is 0.256 e. The van der Waals surface area contributed by atoms with Crippen molar-refractivity contribution in [2.75, 3.05) is 11.0 Å². The van der Waals surface area contributed by atoms with Crippen LogP contribution in [-0.4, -0.2) is 24.6 Å². The summed E-state index contributed by atoms with van der Waals surface area (Å²) in [4.78, 5) is 18.6. The van der Waals surface area contributed by atoms with Crippen molar-refractivity contribution in [1.82, 2.24) is 9.97 Å². The number of aromatic nitrogens is 2. The van der Waals surface area contributed by atoms with Gasteiger partial charge in [-0.3, -0.25) is 9.52 Å². The van der Waals surface area contributed by atoms with Crippen LogP contribution >= 0.6 is 0 Å². The molecule has 0 aliphatic carbocycles. The first-order valence-electron chi connectivity index (χ1n) is 7.62. The summed E-state index contributed by atoms with van der Waals surface area (Å²) in [5, 5.41) is 1.79. The molecule has 0 bridgehead atoms. The molecule has 0 saturated heterocycles. The third kappa shape index (κ3) is 2.89. The Bertz CT molecular complexity index is 1270. The predicted molar refractivity (Wildman–Crippen MR) is 100 cm³/mol. The minimum atomic E-state index is -3.37. The van der Waals surface area contributed by atoms with Crippen LogP contribution in [0.1, 0.15) is 0 Å². The Morgan fingerprint density at radius 1 is 0.960 bits per heavy atom. The molecule has 0 fully saturated rings. The van der Waals surface area contributed by atoms with Gasteiger partial charge in [-0.25, -0.2) is 8.42 Å². The molecule has 0 amide bonds. The minimum absolute atomic E-state index is 0.228. The van der Waals surface area contributed by atoms with Crippen molar-refractivity contribution < 1.29 is 8.42 Å². The quantitative estimate of drug-likeness (QED) is 0.528. The van der Waals surface area contributed by atoms with Crippen molar-refractivity contribution in [3.63, 3.8) is 0 Å². The molecule has 0 saturated carbocycles. The molecular weight excluding hydrogens is 338 g/mol. The molecule has 2 aromatic carbocycles. The standard InChI is InChI=1S/C18H15N3O3S/c1-25(23,24)21-12-7-6-11-8-14(18(22)20-17(11)9-12)15-10-19-16-5-3-2-4-13(15)16/h2-10,19,21H,1H3,(H,20,22). The molecule has 3 N–H and O–H groups in total. The normalized spacial score (nSPS) is 11.9. The lowest BCUT2D eigenvalue weighted by molar-refractivity contribution is 0.607. The van der Waals surface area contributed by atoms with Gasteiger partial charge in [-0.1, -0.05) is 24.3 Å². The highest BCUT2D eigenvalue weighted by molar-refractivity contribution is 7.92. The zero-order chi connectivity index (χ0) is 17.6. The first-order valence-corrected chi connectivity index (χ1v) is 9.51. The molecule has 0 aliphatic heterocycles. The Labute approximate surface area is 143 Å². The lowest BCUT2D eigenvalue weighted by atomic mass is 10.0. The molecule has 2 aromatic heterocycles. The van der Waals surface area contributed by atoms with Crippen LogP contribution in [0, 0.1) is 0 Å². The molecule has 0 atom stereocenters. The van der Waals surface area contributed by atoms with E-state index < -0.39 is 10.0 Å². The van der Waals surface area contributed by atoms with E-state index in [1.54, 1.807) is 18.2 Å². The number of fused-ring (bicyclic) bond motifs is 2. The third-order valence-corrected chi connectivity index (χ3v) is 4.64. The average Bonchev–Trinajstić information content (AvgIpc) is 2.96. The summed E-state index contributed by atoms with van der Waals surface area (Å²) in [6, 6.07) is 14.6. The minimum Gasteiger partial charge on any atom is -0.361 e. The summed E-state index contributed by atoms with van der Waals surface area (Å²) in [6.07, 6.45) is 2.90. The summed E-state index contributed by atoms with van der Waals surface area (Å²) in [5.41, 5.74) is 3.11. The Morgan fingerprint density at radius 3 is 2.56 bits per heavy atom. The van der Waals surface area contributed by atoms with Gasteiger partial charge in [0.25, 0.3) is 5.56 Å². The Morgan fingerprint density at radius 2 is 1.76 bits per heavy atom. The zero-order valence-electron chi connectivity index (χ0n) is 13.3. The first kappa shape index (κ1) is 15.5. The van der Waals surface area contributed by atoms with E-state index in [1.165, 1.54) is 0 Å². The van der Waals surface area contributed by atoms with Gasteiger partial charge in [0.15, 0.2) is 0 Å². The van der Waals surface area contributed by atoms with Crippen LogP contribution in [0.15, 0.2) is 59.5 Å². The van der Waals surface area contributed by atoms with Gasteiger partial charge in [0, 0.05) is 28.2 Å². The van der Waals surface area contributed by atoms with Crippen molar-refractivity contribution in [3.05, 3.63) is 65.1 Å². The van der Waals surface area contributed by atoms with Gasteiger partial charge in [0.2, 0.25) is 10.0 Å². The van der Waals surface area contributed by atoms with E-state index >= 15 is 0 Å². The number of sulfonamides is 1. The number of aromatic amines is 2. The summed E-state index contributed by atoms with van der Waals surface area (Å²) in [5.74, 6) is 0. The number of H-pyrrole nitrogens is 2. The summed E-state index contributed by atoms with van der Waals surface area (Å²) in [7, 11) is -3.37. The molecule has 0 unspecified atom stereocenters. The molecule has 0 radical (unpaired) electrons. The van der Waals surface area contributed by atoms with Crippen LogP contribution in [0.2, 0.25) is 0 Å². The van der Waals surface area contributed by atoms with Crippen molar-refractivity contribution in [2.45, 2.75) is 0 Å². The van der Waals surface area contributed by atoms with E-state index in [2.05, 4.69) is 14.7 Å². The van der Waals surface area contributed by atoms with Gasteiger partial charge in [-0.05, 0) is 29.7 Å². The zero-order valence-corrected chi connectivity index (χ0v) is 14.1. The molecular formula is C18H15N3O3S. The van der Waals surface area contributed by atoms with Crippen LogP contribution in [0.25, 0.3) is 32.9 Å². The molecule has 0 aliphatic rings. The van der Waals surface area contributed by atoms with E-state index in [4.69, 9.17) is 0 Å². The molecule has 4 rings (SSSR count). The van der Waals surface area contributed by atoms with E-state index in [1.807, 2.05) is 36.5 Å². The number of hydrogen-bond acceptors (Lipinski definition) is 3. The summed E-state index contributed by atoms with van der Waals surface area (Å²) < 4.78 is 25.1. The van der Waals surface area contributed by atoms with Crippen molar-refractivity contribution in [1.29, 1.82) is 0 Å². The maximum atomic E-state index is 12.6. The number of hydrogen-bond donors (Lipinski definition) is 3. The maximum Gasteiger partial charge on any atom is 0.256 e. The van der Waals surface area contributed by atoms with Crippen LogP contribution in [0.5, 0.6) is 0 Å². The molecule has 0 spiro atoms. The van der Waals surface area contributed by atoms with Gasteiger partial charge < -0.3 is 9.97 Å². The molecule has 7 heteroatoms. The van der Waals surface area contributed by atoms with Gasteiger partial charge in [-0.15, -0.1) is 0 Å². The number of nitrogens with one attached hydrogen (secondary N) is 3. The monoisotopic (exact) mass is 353 g/mol. The summed E-state index contributed by atoms with van der Waals surface area (Å²) >= 11 is 0. The van der Waals surface area contributed by atoms with Crippen molar-refractivity contribution in [3.8, 4) is 11.1 Å². The first-order chi connectivity index (χ1) is 11.9. The van der Waals surface area contributed by atoms with Crippen molar-refractivity contribution in [2.24, 2.45) is 0 Å². The highest BCUT2D eigenvalue weighted by Crippen LogP contribution is 2.28. The second kappa shape index (κ2) is 5.49. The fourth-order valence-electron chi connectivity index (χ4n) is 2.97. The Balaban J connectivity index is 1.88. The molecule has 25 heavy (non-hydrogen) atoms. The number of benzene rings is 2. The second-order valence-electron chi connectivity index (χ2n) is 5.94. The lowest BCUT2D eigenvalue weighted by Gasteiger charge is -2.07. The fourth-order valence-corrected chi connectivity index (χ4v) is 3.53. The average molecular weight is 353 g/mol. The Kier molecular flexibility index (Phi) is 3.40. The maximum absolute atomic E-state index is 12.6. The third-order valence-electron chi connectivity index (χ3n) is 4.03. The van der Waals surface area contributed by atoms with E-state index in [0.717, 1.165) is 28.1 Å². The fraction of sp³-hybridized carbons (Fsp3) is 0.0556. The van der Waals surface area contributed by atoms with Gasteiger partial charge in [-0.2, -0.15) is 0 Å². The van der Waals surface area contributed by atoms with E-state index in [-0.39, 0.29) is 5.56 Å². The lowest BCUT2D eigenvalue weighted by Crippen LogP contribution is -2.11. The van der Waals surface area contributed by atoms with Gasteiger partial charge in [0.05, 0.1) is 17.5 Å². The SMILES string of the molecule is CS(=O)(=O)Nc1ccc2cc(-c3c[nH]c4ccccc34)c(=O)[nH]c2c1. The highest BCUT2D eigenvalue weighted by Gasteiger charge is 2.11. The van der Waals surface area contributed by atoms with Gasteiger partial charge >= 0.3 is 0 Å². The van der Waals surface area contributed by atoms with Crippen molar-refractivity contribution >= 4 is 37.5 Å². The summed E-state index contributed by atoms with van der Waals surface area (Å²) in [6.45, 7) is 0. The molecule has 4 aromatic rings. The Hall–Kier alpha value is -3.06. The predicted octanol–water partition coefficient (Wildman–Crippen LogP) is 3.05. The van der Waals surface area contributed by atoms with Crippen LogP contribution in [0.4, 0.5) is 5.69 Å². The van der Waals surface area contributed by atoms with Crippen LogP contribution in [0.3, 0.4) is 0 Å².